The van der Waals surface area contributed by atoms with E-state index in [0.717, 1.165) is 5.56 Å². The van der Waals surface area contributed by atoms with Gasteiger partial charge in [-0.25, -0.2) is 0 Å². The molecule has 0 spiro atoms. The van der Waals surface area contributed by atoms with Crippen LogP contribution in [0.4, 0.5) is 5.82 Å². The van der Waals surface area contributed by atoms with Gasteiger partial charge in [-0.2, -0.15) is 0 Å². The first kappa shape index (κ1) is 17.4. The zero-order chi connectivity index (χ0) is 17.9. The van der Waals surface area contributed by atoms with E-state index in [0.29, 0.717) is 43.4 Å². The van der Waals surface area contributed by atoms with Crippen LogP contribution in [-0.2, 0) is 4.74 Å². The molecule has 1 amide bonds. The summed E-state index contributed by atoms with van der Waals surface area (Å²) < 4.78 is 10.9. The van der Waals surface area contributed by atoms with Gasteiger partial charge in [-0.15, -0.1) is 0 Å². The number of morpholine rings is 1. The molecule has 1 saturated heterocycles. The minimum absolute atomic E-state index is 0.169. The van der Waals surface area contributed by atoms with Crippen LogP contribution in [-0.4, -0.2) is 54.6 Å². The molecule has 0 saturated carbocycles. The fourth-order valence-corrected chi connectivity index (χ4v) is 2.67. The Kier molecular flexibility index (Phi) is 5.06. The number of rotatable bonds is 5. The molecule has 7 nitrogen and oxygen atoms in total. The van der Waals surface area contributed by atoms with Crippen molar-refractivity contribution in [1.29, 1.82) is 0 Å². The zero-order valence-electron chi connectivity index (χ0n) is 14.5. The van der Waals surface area contributed by atoms with Crippen molar-refractivity contribution in [2.24, 2.45) is 0 Å². The van der Waals surface area contributed by atoms with Gasteiger partial charge in [0.1, 0.15) is 5.56 Å². The second-order valence-corrected chi connectivity index (χ2v) is 6.67. The molecule has 0 atom stereocenters. The number of carbonyl (C=O) groups excluding carboxylic acids is 1. The first-order chi connectivity index (χ1) is 12.0. The molecular weight excluding hydrogens is 322 g/mol. The molecule has 134 valence electrons. The molecule has 1 aliphatic rings. The van der Waals surface area contributed by atoms with Crippen LogP contribution in [0, 0.1) is 0 Å². The molecule has 7 heteroatoms. The Morgan fingerprint density at radius 1 is 1.28 bits per heavy atom. The van der Waals surface area contributed by atoms with Gasteiger partial charge >= 0.3 is 0 Å². The summed E-state index contributed by atoms with van der Waals surface area (Å²) in [7, 11) is 0. The summed E-state index contributed by atoms with van der Waals surface area (Å²) in [4.78, 5) is 14.9. The zero-order valence-corrected chi connectivity index (χ0v) is 14.5. The summed E-state index contributed by atoms with van der Waals surface area (Å²) >= 11 is 0. The van der Waals surface area contributed by atoms with Gasteiger partial charge in [0.15, 0.2) is 11.6 Å². The lowest BCUT2D eigenvalue weighted by Crippen LogP contribution is -2.47. The van der Waals surface area contributed by atoms with Crippen molar-refractivity contribution in [3.8, 4) is 11.3 Å². The van der Waals surface area contributed by atoms with Crippen molar-refractivity contribution in [3.05, 3.63) is 35.9 Å². The topological polar surface area (TPSA) is 87.8 Å². The minimum Gasteiger partial charge on any atom is -0.394 e. The maximum Gasteiger partial charge on any atom is 0.259 e. The van der Waals surface area contributed by atoms with E-state index in [1.165, 1.54) is 0 Å². The van der Waals surface area contributed by atoms with Crippen molar-refractivity contribution in [2.75, 3.05) is 37.8 Å². The standard InChI is InChI=1S/C18H23N3O4/c1-18(2,12-22)19-17(23)14-15(13-6-4-3-5-7-13)25-20-16(14)21-8-10-24-11-9-21/h3-7,22H,8-12H2,1-2H3,(H,19,23). The maximum absolute atomic E-state index is 13.0. The summed E-state index contributed by atoms with van der Waals surface area (Å²) in [5.74, 6) is 0.613. The Morgan fingerprint density at radius 2 is 1.96 bits per heavy atom. The van der Waals surface area contributed by atoms with Crippen LogP contribution >= 0.6 is 0 Å². The molecule has 1 fully saturated rings. The van der Waals surface area contributed by atoms with Gasteiger partial charge < -0.3 is 24.6 Å². The third-order valence-electron chi connectivity index (χ3n) is 4.09. The molecule has 0 bridgehead atoms. The van der Waals surface area contributed by atoms with Gasteiger partial charge in [0.05, 0.1) is 25.4 Å². The molecule has 2 heterocycles. The fourth-order valence-electron chi connectivity index (χ4n) is 2.67. The Morgan fingerprint density at radius 3 is 2.60 bits per heavy atom. The summed E-state index contributed by atoms with van der Waals surface area (Å²) in [6.07, 6.45) is 0. The van der Waals surface area contributed by atoms with Crippen LogP contribution in [0.1, 0.15) is 24.2 Å². The molecular formula is C18H23N3O4. The average molecular weight is 345 g/mol. The molecule has 2 N–H and O–H groups in total. The third kappa shape index (κ3) is 3.83. The lowest BCUT2D eigenvalue weighted by Gasteiger charge is -2.28. The number of nitrogens with one attached hydrogen (secondary N) is 1. The number of nitrogens with zero attached hydrogens (tertiary/aromatic N) is 2. The van der Waals surface area contributed by atoms with Crippen LogP contribution in [0.2, 0.25) is 0 Å². The number of benzene rings is 1. The summed E-state index contributed by atoms with van der Waals surface area (Å²) in [5.41, 5.74) is 0.418. The fraction of sp³-hybridized carbons (Fsp3) is 0.444. The van der Waals surface area contributed by atoms with E-state index in [4.69, 9.17) is 9.26 Å². The largest absolute Gasteiger partial charge is 0.394 e. The number of hydrogen-bond acceptors (Lipinski definition) is 6. The second-order valence-electron chi connectivity index (χ2n) is 6.67. The van der Waals surface area contributed by atoms with Crippen LogP contribution < -0.4 is 10.2 Å². The van der Waals surface area contributed by atoms with Crippen molar-refractivity contribution < 1.29 is 19.2 Å². The maximum atomic E-state index is 13.0. The molecule has 0 unspecified atom stereocenters. The van der Waals surface area contributed by atoms with Crippen molar-refractivity contribution in [1.82, 2.24) is 10.5 Å². The van der Waals surface area contributed by atoms with Gasteiger partial charge in [0.2, 0.25) is 0 Å². The second kappa shape index (κ2) is 7.25. The number of aliphatic hydroxyl groups excluding tert-OH is 1. The predicted octanol–water partition coefficient (Wildman–Crippen LogP) is 1.68. The van der Waals surface area contributed by atoms with Crippen molar-refractivity contribution >= 4 is 11.7 Å². The molecule has 0 aliphatic carbocycles. The van der Waals surface area contributed by atoms with Gasteiger partial charge in [0, 0.05) is 18.7 Å². The predicted molar refractivity (Wildman–Crippen MR) is 93.6 cm³/mol. The molecule has 0 radical (unpaired) electrons. The Hall–Kier alpha value is -2.38. The smallest absolute Gasteiger partial charge is 0.259 e. The van der Waals surface area contributed by atoms with Crippen molar-refractivity contribution in [3.63, 3.8) is 0 Å². The average Bonchev–Trinajstić information content (AvgIpc) is 3.08. The normalized spacial score (nSPS) is 15.2. The highest BCUT2D eigenvalue weighted by Gasteiger charge is 2.31. The SMILES string of the molecule is CC(C)(CO)NC(=O)c1c(N2CCOCC2)noc1-c1ccccc1. The Bertz CT molecular complexity index is 721. The number of amides is 1. The summed E-state index contributed by atoms with van der Waals surface area (Å²) in [6.45, 7) is 5.80. The lowest BCUT2D eigenvalue weighted by molar-refractivity contribution is 0.0868. The van der Waals surface area contributed by atoms with Crippen LogP contribution in [0.5, 0.6) is 0 Å². The molecule has 3 rings (SSSR count). The van der Waals surface area contributed by atoms with E-state index >= 15 is 0 Å². The highest BCUT2D eigenvalue weighted by molar-refractivity contribution is 6.04. The van der Waals surface area contributed by atoms with Gasteiger partial charge in [-0.1, -0.05) is 35.5 Å². The quantitative estimate of drug-likeness (QED) is 0.857. The van der Waals surface area contributed by atoms with E-state index in [9.17, 15) is 9.90 Å². The first-order valence-electron chi connectivity index (χ1n) is 8.33. The number of aliphatic hydroxyl groups is 1. The van der Waals surface area contributed by atoms with E-state index < -0.39 is 5.54 Å². The Balaban J connectivity index is 2.02. The third-order valence-corrected chi connectivity index (χ3v) is 4.09. The van der Waals surface area contributed by atoms with Crippen LogP contribution in [0.25, 0.3) is 11.3 Å². The minimum atomic E-state index is -0.745. The monoisotopic (exact) mass is 345 g/mol. The van der Waals surface area contributed by atoms with Crippen molar-refractivity contribution in [2.45, 2.75) is 19.4 Å². The molecule has 25 heavy (non-hydrogen) atoms. The Labute approximate surface area is 146 Å². The number of anilines is 1. The number of hydrogen-bond donors (Lipinski definition) is 2. The van der Waals surface area contributed by atoms with Gasteiger partial charge in [-0.05, 0) is 13.8 Å². The van der Waals surface area contributed by atoms with Gasteiger partial charge in [0.25, 0.3) is 5.91 Å². The number of ether oxygens (including phenoxy) is 1. The van der Waals surface area contributed by atoms with E-state index in [-0.39, 0.29) is 12.5 Å². The lowest BCUT2D eigenvalue weighted by atomic mass is 10.0. The number of carbonyl (C=O) groups is 1. The first-order valence-corrected chi connectivity index (χ1v) is 8.33. The van der Waals surface area contributed by atoms with E-state index in [1.807, 2.05) is 35.2 Å². The highest BCUT2D eigenvalue weighted by Crippen LogP contribution is 2.32. The van der Waals surface area contributed by atoms with Crippen LogP contribution in [0.3, 0.4) is 0 Å². The van der Waals surface area contributed by atoms with Crippen LogP contribution in [0.15, 0.2) is 34.9 Å². The molecule has 2 aromatic rings. The summed E-state index contributed by atoms with van der Waals surface area (Å²) in [6, 6.07) is 9.41. The molecule has 1 aromatic heterocycles. The van der Waals surface area contributed by atoms with E-state index in [2.05, 4.69) is 10.5 Å². The highest BCUT2D eigenvalue weighted by atomic mass is 16.5. The van der Waals surface area contributed by atoms with E-state index in [1.54, 1.807) is 13.8 Å². The molecule has 1 aliphatic heterocycles. The summed E-state index contributed by atoms with van der Waals surface area (Å²) in [5, 5.41) is 16.5. The number of aromatic nitrogens is 1. The van der Waals surface area contributed by atoms with Gasteiger partial charge in [-0.3, -0.25) is 4.79 Å². The molecule has 1 aromatic carbocycles.